The number of hydrogen-bond acceptors (Lipinski definition) is 4. The highest BCUT2D eigenvalue weighted by Crippen LogP contribution is 2.23. The second kappa shape index (κ2) is 5.18. The number of ether oxygens (including phenoxy) is 1. The molecule has 1 aliphatic heterocycles. The monoisotopic (exact) mass is 254 g/mol. The molecule has 0 atom stereocenters. The summed E-state index contributed by atoms with van der Waals surface area (Å²) in [6.07, 6.45) is 2.09. The highest BCUT2D eigenvalue weighted by atomic mass is 32.1. The van der Waals surface area contributed by atoms with Crippen LogP contribution in [-0.4, -0.2) is 37.1 Å². The number of esters is 1. The molecule has 6 heteroatoms. The third kappa shape index (κ3) is 2.58. The van der Waals surface area contributed by atoms with Crippen LogP contribution >= 0.6 is 11.3 Å². The molecule has 1 N–H and O–H groups in total. The van der Waals surface area contributed by atoms with E-state index in [2.05, 4.69) is 10.1 Å². The van der Waals surface area contributed by atoms with Crippen LogP contribution < -0.4 is 5.32 Å². The van der Waals surface area contributed by atoms with Crippen LogP contribution in [0.15, 0.2) is 11.4 Å². The van der Waals surface area contributed by atoms with E-state index < -0.39 is 5.97 Å². The summed E-state index contributed by atoms with van der Waals surface area (Å²) in [6.45, 7) is 1.56. The summed E-state index contributed by atoms with van der Waals surface area (Å²) in [6, 6.07) is 1.57. The minimum absolute atomic E-state index is 0.147. The average Bonchev–Trinajstić information content (AvgIpc) is 2.98. The van der Waals surface area contributed by atoms with Gasteiger partial charge in [-0.2, -0.15) is 0 Å². The number of nitrogens with zero attached hydrogens (tertiary/aromatic N) is 1. The lowest BCUT2D eigenvalue weighted by Crippen LogP contribution is -2.32. The van der Waals surface area contributed by atoms with E-state index in [1.54, 1.807) is 16.3 Å². The van der Waals surface area contributed by atoms with Gasteiger partial charge in [0.15, 0.2) is 0 Å². The molecule has 0 radical (unpaired) electrons. The molecule has 0 unspecified atom stereocenters. The van der Waals surface area contributed by atoms with Crippen molar-refractivity contribution in [2.24, 2.45) is 0 Å². The predicted molar refractivity (Wildman–Crippen MR) is 65.5 cm³/mol. The molecule has 0 bridgehead atoms. The molecule has 5 nitrogen and oxygen atoms in total. The molecule has 2 heterocycles. The van der Waals surface area contributed by atoms with E-state index >= 15 is 0 Å². The van der Waals surface area contributed by atoms with E-state index in [1.165, 1.54) is 18.4 Å². The van der Waals surface area contributed by atoms with Gasteiger partial charge in [0.05, 0.1) is 12.8 Å². The van der Waals surface area contributed by atoms with Crippen molar-refractivity contribution in [3.63, 3.8) is 0 Å². The van der Waals surface area contributed by atoms with Gasteiger partial charge in [0.25, 0.3) is 0 Å². The largest absolute Gasteiger partial charge is 0.465 e. The Hall–Kier alpha value is -1.56. The summed E-state index contributed by atoms with van der Waals surface area (Å²) in [4.78, 5) is 25.4. The van der Waals surface area contributed by atoms with E-state index in [4.69, 9.17) is 0 Å². The SMILES string of the molecule is COC(=O)c1sccc1NC(=O)N1CCCC1. The number of likely N-dealkylation sites (tertiary alicyclic amines) is 1. The topological polar surface area (TPSA) is 58.6 Å². The fourth-order valence-electron chi connectivity index (χ4n) is 1.77. The number of urea groups is 1. The van der Waals surface area contributed by atoms with Crippen molar-refractivity contribution in [2.75, 3.05) is 25.5 Å². The van der Waals surface area contributed by atoms with Crippen LogP contribution in [0.25, 0.3) is 0 Å². The molecule has 1 aromatic heterocycles. The summed E-state index contributed by atoms with van der Waals surface area (Å²) in [7, 11) is 1.33. The first kappa shape index (κ1) is 11.9. The third-order valence-corrected chi connectivity index (χ3v) is 3.57. The van der Waals surface area contributed by atoms with Crippen molar-refractivity contribution in [3.05, 3.63) is 16.3 Å². The minimum Gasteiger partial charge on any atom is -0.465 e. The third-order valence-electron chi connectivity index (χ3n) is 2.67. The first-order chi connectivity index (χ1) is 8.22. The van der Waals surface area contributed by atoms with Crippen molar-refractivity contribution in [3.8, 4) is 0 Å². The number of rotatable bonds is 2. The van der Waals surface area contributed by atoms with Gasteiger partial charge in [-0.25, -0.2) is 9.59 Å². The lowest BCUT2D eigenvalue weighted by atomic mass is 10.4. The first-order valence-electron chi connectivity index (χ1n) is 5.44. The highest BCUT2D eigenvalue weighted by Gasteiger charge is 2.21. The maximum atomic E-state index is 11.8. The normalized spacial score (nSPS) is 14.8. The van der Waals surface area contributed by atoms with Gasteiger partial charge in [-0.1, -0.05) is 0 Å². The predicted octanol–water partition coefficient (Wildman–Crippen LogP) is 2.16. The smallest absolute Gasteiger partial charge is 0.350 e. The molecule has 92 valence electrons. The molecule has 0 aromatic carbocycles. The molecular formula is C11H14N2O3S. The Balaban J connectivity index is 2.05. The van der Waals surface area contributed by atoms with Gasteiger partial charge in [-0.15, -0.1) is 11.3 Å². The molecule has 2 amide bonds. The van der Waals surface area contributed by atoms with Crippen LogP contribution in [0.3, 0.4) is 0 Å². The Labute approximate surface area is 103 Å². The van der Waals surface area contributed by atoms with Gasteiger partial charge >= 0.3 is 12.0 Å². The Bertz CT molecular complexity index is 424. The van der Waals surface area contributed by atoms with Crippen LogP contribution in [-0.2, 0) is 4.74 Å². The maximum absolute atomic E-state index is 11.8. The fourth-order valence-corrected chi connectivity index (χ4v) is 2.54. The Morgan fingerprint density at radius 2 is 2.12 bits per heavy atom. The number of carbonyl (C=O) groups is 2. The molecule has 1 saturated heterocycles. The van der Waals surface area contributed by atoms with Crippen molar-refractivity contribution in [2.45, 2.75) is 12.8 Å². The van der Waals surface area contributed by atoms with Crippen molar-refractivity contribution in [1.29, 1.82) is 0 Å². The zero-order valence-corrected chi connectivity index (χ0v) is 10.4. The molecule has 1 fully saturated rings. The number of anilines is 1. The lowest BCUT2D eigenvalue weighted by Gasteiger charge is -2.15. The first-order valence-corrected chi connectivity index (χ1v) is 6.32. The van der Waals surface area contributed by atoms with Crippen LogP contribution in [0.2, 0.25) is 0 Å². The number of amides is 2. The number of thiophene rings is 1. The zero-order valence-electron chi connectivity index (χ0n) is 9.56. The lowest BCUT2D eigenvalue weighted by molar-refractivity contribution is 0.0607. The molecule has 0 aliphatic carbocycles. The summed E-state index contributed by atoms with van der Waals surface area (Å²) in [5.74, 6) is -0.420. The van der Waals surface area contributed by atoms with Gasteiger partial charge in [-0.05, 0) is 24.3 Å². The number of carbonyl (C=O) groups excluding carboxylic acids is 2. The molecule has 17 heavy (non-hydrogen) atoms. The van der Waals surface area contributed by atoms with Crippen LogP contribution in [0.5, 0.6) is 0 Å². The maximum Gasteiger partial charge on any atom is 0.350 e. The van der Waals surface area contributed by atoms with E-state index in [0.717, 1.165) is 25.9 Å². The standard InChI is InChI=1S/C11H14N2O3S/c1-16-10(14)9-8(4-7-17-9)12-11(15)13-5-2-3-6-13/h4,7H,2-3,5-6H2,1H3,(H,12,15). The van der Waals surface area contributed by atoms with E-state index in [9.17, 15) is 9.59 Å². The van der Waals surface area contributed by atoms with Gasteiger partial charge in [0.1, 0.15) is 4.88 Å². The zero-order chi connectivity index (χ0) is 12.3. The summed E-state index contributed by atoms with van der Waals surface area (Å²) >= 11 is 1.26. The number of methoxy groups -OCH3 is 1. The van der Waals surface area contributed by atoms with E-state index in [1.807, 2.05) is 0 Å². The van der Waals surface area contributed by atoms with Gasteiger partial charge in [-0.3, -0.25) is 0 Å². The Kier molecular flexibility index (Phi) is 3.63. The van der Waals surface area contributed by atoms with Gasteiger partial charge in [0.2, 0.25) is 0 Å². The van der Waals surface area contributed by atoms with Crippen molar-refractivity contribution < 1.29 is 14.3 Å². The second-order valence-corrected chi connectivity index (χ2v) is 4.70. The van der Waals surface area contributed by atoms with Crippen molar-refractivity contribution >= 4 is 29.0 Å². The quantitative estimate of drug-likeness (QED) is 0.823. The average molecular weight is 254 g/mol. The van der Waals surface area contributed by atoms with Crippen LogP contribution in [0.4, 0.5) is 10.5 Å². The molecule has 0 saturated carbocycles. The minimum atomic E-state index is -0.420. The molecular weight excluding hydrogens is 240 g/mol. The fraction of sp³-hybridized carbons (Fsp3) is 0.455. The van der Waals surface area contributed by atoms with Crippen LogP contribution in [0.1, 0.15) is 22.5 Å². The second-order valence-electron chi connectivity index (χ2n) is 3.78. The van der Waals surface area contributed by atoms with Gasteiger partial charge in [0, 0.05) is 13.1 Å². The molecule has 1 aromatic rings. The summed E-state index contributed by atoms with van der Waals surface area (Å²) in [5.41, 5.74) is 0.527. The van der Waals surface area contributed by atoms with E-state index in [0.29, 0.717) is 10.6 Å². The van der Waals surface area contributed by atoms with Gasteiger partial charge < -0.3 is 15.0 Å². The Morgan fingerprint density at radius 3 is 2.76 bits per heavy atom. The van der Waals surface area contributed by atoms with Crippen molar-refractivity contribution in [1.82, 2.24) is 4.90 Å². The summed E-state index contributed by atoms with van der Waals surface area (Å²) < 4.78 is 4.65. The van der Waals surface area contributed by atoms with E-state index in [-0.39, 0.29) is 6.03 Å². The highest BCUT2D eigenvalue weighted by molar-refractivity contribution is 7.12. The summed E-state index contributed by atoms with van der Waals surface area (Å²) in [5, 5.41) is 4.50. The number of nitrogens with one attached hydrogen (secondary N) is 1. The molecule has 2 rings (SSSR count). The van der Waals surface area contributed by atoms with Crippen LogP contribution in [0, 0.1) is 0 Å². The number of hydrogen-bond donors (Lipinski definition) is 1. The molecule has 1 aliphatic rings. The molecule has 0 spiro atoms. The Morgan fingerprint density at radius 1 is 1.41 bits per heavy atom.